The third-order valence-electron chi connectivity index (χ3n) is 14.2. The summed E-state index contributed by atoms with van der Waals surface area (Å²) in [5, 5.41) is 4.89. The van der Waals surface area contributed by atoms with Crippen molar-refractivity contribution in [2.24, 2.45) is 0 Å². The van der Waals surface area contributed by atoms with E-state index in [0.717, 1.165) is 50.9 Å². The van der Waals surface area contributed by atoms with Crippen molar-refractivity contribution in [1.29, 1.82) is 0 Å². The van der Waals surface area contributed by atoms with Gasteiger partial charge in [0.1, 0.15) is 5.75 Å². The van der Waals surface area contributed by atoms with Gasteiger partial charge in [-0.05, 0) is 123 Å². The van der Waals surface area contributed by atoms with Crippen LogP contribution in [0, 0.1) is 0 Å². The smallest absolute Gasteiger partial charge is 0.119 e. The Balaban J connectivity index is 0.893. The Morgan fingerprint density at radius 3 is 1.65 bits per heavy atom. The summed E-state index contributed by atoms with van der Waals surface area (Å²) in [6, 6.07) is 90.1. The normalized spacial score (nSPS) is 12.5. The van der Waals surface area contributed by atoms with Gasteiger partial charge >= 0.3 is 0 Å². The van der Waals surface area contributed by atoms with Gasteiger partial charge in [0, 0.05) is 50.5 Å². The Bertz CT molecular complexity index is 3770. The van der Waals surface area contributed by atoms with E-state index in [-0.39, 0.29) is 0 Å². The molecule has 0 atom stereocenters. The molecule has 326 valence electrons. The van der Waals surface area contributed by atoms with E-state index < -0.39 is 5.41 Å². The first-order chi connectivity index (χ1) is 34.2. The molecule has 12 aromatic rings. The highest BCUT2D eigenvalue weighted by Gasteiger charge is 2.46. The predicted molar refractivity (Wildman–Crippen MR) is 285 cm³/mol. The first-order valence-corrected chi connectivity index (χ1v) is 23.6. The molecule has 0 bridgehead atoms. The second kappa shape index (κ2) is 16.4. The molecule has 0 spiro atoms. The van der Waals surface area contributed by atoms with E-state index in [0.29, 0.717) is 0 Å². The van der Waals surface area contributed by atoms with Crippen molar-refractivity contribution in [1.82, 2.24) is 9.55 Å². The summed E-state index contributed by atoms with van der Waals surface area (Å²) in [4.78, 5) is 7.43. The van der Waals surface area contributed by atoms with Crippen molar-refractivity contribution < 1.29 is 4.74 Å². The summed E-state index contributed by atoms with van der Waals surface area (Å²) in [5.74, 6) is 0.822. The number of pyridine rings is 1. The van der Waals surface area contributed by atoms with Crippen LogP contribution in [0.25, 0.3) is 71.8 Å². The largest absolute Gasteiger partial charge is 0.497 e. The first kappa shape index (κ1) is 40.3. The van der Waals surface area contributed by atoms with Gasteiger partial charge < -0.3 is 14.2 Å². The van der Waals surface area contributed by atoms with E-state index in [1.165, 1.54) is 66.0 Å². The fourth-order valence-electron chi connectivity index (χ4n) is 11.1. The van der Waals surface area contributed by atoms with Crippen molar-refractivity contribution in [3.8, 4) is 44.9 Å². The molecule has 1 aliphatic rings. The third kappa shape index (κ3) is 6.48. The molecule has 0 saturated carbocycles. The quantitative estimate of drug-likeness (QED) is 0.145. The molecule has 0 fully saturated rings. The lowest BCUT2D eigenvalue weighted by Gasteiger charge is -2.35. The SMILES string of the molecule is COc1ccc(N(c2ccc(C3(c4cccc(-c5ccc(-c6ccc(-n7c8ccccc8c8ccccc87)cc6)nc5)c4)c4ccccc4-c4ccccc43)cc2)c2cccc3ccccc23)cc1. The summed E-state index contributed by atoms with van der Waals surface area (Å²) >= 11 is 0. The molecule has 13 rings (SSSR count). The highest BCUT2D eigenvalue weighted by Crippen LogP contribution is 2.56. The van der Waals surface area contributed by atoms with Crippen LogP contribution in [0.3, 0.4) is 0 Å². The number of fused-ring (bicyclic) bond motifs is 7. The minimum Gasteiger partial charge on any atom is -0.497 e. The maximum atomic E-state index is 5.59. The van der Waals surface area contributed by atoms with Crippen molar-refractivity contribution >= 4 is 49.6 Å². The summed E-state index contributed by atoms with van der Waals surface area (Å²) < 4.78 is 7.94. The lowest BCUT2D eigenvalue weighted by Crippen LogP contribution is -2.28. The molecule has 0 aliphatic heterocycles. The van der Waals surface area contributed by atoms with Gasteiger partial charge in [0.2, 0.25) is 0 Å². The zero-order chi connectivity index (χ0) is 45.9. The minimum atomic E-state index is -0.586. The van der Waals surface area contributed by atoms with Crippen molar-refractivity contribution in [3.63, 3.8) is 0 Å². The zero-order valence-electron chi connectivity index (χ0n) is 38.0. The van der Waals surface area contributed by atoms with Gasteiger partial charge in [-0.2, -0.15) is 0 Å². The number of nitrogens with zero attached hydrogens (tertiary/aromatic N) is 3. The Kier molecular flexibility index (Phi) is 9.58. The summed E-state index contributed by atoms with van der Waals surface area (Å²) in [6.07, 6.45) is 2.02. The van der Waals surface area contributed by atoms with Crippen LogP contribution in [0.15, 0.2) is 255 Å². The second-order valence-corrected chi connectivity index (χ2v) is 17.8. The van der Waals surface area contributed by atoms with Crippen LogP contribution in [-0.2, 0) is 5.41 Å². The second-order valence-electron chi connectivity index (χ2n) is 17.8. The molecule has 10 aromatic carbocycles. The molecular weight excluding hydrogens is 839 g/mol. The topological polar surface area (TPSA) is 30.3 Å². The maximum absolute atomic E-state index is 5.59. The average Bonchev–Trinajstić information content (AvgIpc) is 3.93. The molecule has 0 unspecified atom stereocenters. The molecule has 0 amide bonds. The molecule has 2 aromatic heterocycles. The number of benzene rings is 10. The number of hydrogen-bond donors (Lipinski definition) is 0. The van der Waals surface area contributed by atoms with Crippen LogP contribution in [0.1, 0.15) is 22.3 Å². The molecule has 2 heterocycles. The van der Waals surface area contributed by atoms with Gasteiger partial charge in [-0.3, -0.25) is 4.98 Å². The number of para-hydroxylation sites is 2. The maximum Gasteiger partial charge on any atom is 0.119 e. The Labute approximate surface area is 401 Å². The molecule has 0 radical (unpaired) electrons. The highest BCUT2D eigenvalue weighted by molar-refractivity contribution is 6.09. The Hall–Kier alpha value is -8.99. The van der Waals surface area contributed by atoms with Crippen LogP contribution < -0.4 is 9.64 Å². The lowest BCUT2D eigenvalue weighted by molar-refractivity contribution is 0.415. The molecule has 69 heavy (non-hydrogen) atoms. The highest BCUT2D eigenvalue weighted by atomic mass is 16.5. The van der Waals surface area contributed by atoms with Crippen molar-refractivity contribution in [2.45, 2.75) is 5.41 Å². The van der Waals surface area contributed by atoms with Gasteiger partial charge in [0.25, 0.3) is 0 Å². The Morgan fingerprint density at radius 1 is 0.435 bits per heavy atom. The number of anilines is 3. The van der Waals surface area contributed by atoms with Crippen molar-refractivity contribution in [3.05, 3.63) is 277 Å². The fourth-order valence-corrected chi connectivity index (χ4v) is 11.1. The average molecular weight is 884 g/mol. The summed E-state index contributed by atoms with van der Waals surface area (Å²) in [7, 11) is 1.71. The van der Waals surface area contributed by atoms with E-state index in [4.69, 9.17) is 9.72 Å². The van der Waals surface area contributed by atoms with E-state index >= 15 is 0 Å². The van der Waals surface area contributed by atoms with Crippen LogP contribution in [0.4, 0.5) is 17.1 Å². The molecule has 0 saturated heterocycles. The summed E-state index contributed by atoms with van der Waals surface area (Å²) in [5.41, 5.74) is 17.8. The van der Waals surface area contributed by atoms with Gasteiger partial charge in [-0.25, -0.2) is 0 Å². The molecule has 4 nitrogen and oxygen atoms in total. The number of rotatable bonds is 9. The monoisotopic (exact) mass is 883 g/mol. The fraction of sp³-hybridized carbons (Fsp3) is 0.0308. The number of aromatic nitrogens is 2. The van der Waals surface area contributed by atoms with E-state index in [9.17, 15) is 0 Å². The third-order valence-corrected chi connectivity index (χ3v) is 14.2. The summed E-state index contributed by atoms with van der Waals surface area (Å²) in [6.45, 7) is 0. The van der Waals surface area contributed by atoms with E-state index in [1.807, 2.05) is 18.3 Å². The molecule has 0 N–H and O–H groups in total. The first-order valence-electron chi connectivity index (χ1n) is 23.6. The van der Waals surface area contributed by atoms with Gasteiger partial charge in [0.15, 0.2) is 0 Å². The van der Waals surface area contributed by atoms with E-state index in [1.54, 1.807) is 7.11 Å². The molecule has 1 aliphatic carbocycles. The lowest BCUT2D eigenvalue weighted by atomic mass is 9.67. The standard InChI is InChI=1S/C65H45N3O/c1-69-53-39-37-51(38-40-53)67(62-27-13-15-44-14-2-3-18-54(44)62)50-35-31-48(32-36-50)65(59-23-8-4-19-55(59)56-20-5-9-24-60(56)65)49-17-12-16-46(42-49)47-30-41-61(66-43-47)45-28-33-52(34-29-45)68-63-25-10-6-21-57(63)58-22-7-11-26-64(58)68/h2-43H,1H3. The number of ether oxygens (including phenoxy) is 1. The van der Waals surface area contributed by atoms with Gasteiger partial charge in [-0.15, -0.1) is 0 Å². The predicted octanol–water partition coefficient (Wildman–Crippen LogP) is 16.5. The molecular formula is C65H45N3O. The van der Waals surface area contributed by atoms with Crippen LogP contribution >= 0.6 is 0 Å². The van der Waals surface area contributed by atoms with Crippen LogP contribution in [0.2, 0.25) is 0 Å². The van der Waals surface area contributed by atoms with E-state index in [2.05, 4.69) is 246 Å². The molecule has 4 heteroatoms. The minimum absolute atomic E-state index is 0.586. The zero-order valence-corrected chi connectivity index (χ0v) is 38.0. The Morgan fingerprint density at radius 2 is 1.00 bits per heavy atom. The van der Waals surface area contributed by atoms with Crippen LogP contribution in [0.5, 0.6) is 5.75 Å². The van der Waals surface area contributed by atoms with Gasteiger partial charge in [-0.1, -0.05) is 170 Å². The number of methoxy groups -OCH3 is 1. The van der Waals surface area contributed by atoms with Gasteiger partial charge in [0.05, 0.1) is 34.9 Å². The van der Waals surface area contributed by atoms with Crippen LogP contribution in [-0.4, -0.2) is 16.7 Å². The number of hydrogen-bond acceptors (Lipinski definition) is 3. The van der Waals surface area contributed by atoms with Crippen molar-refractivity contribution in [2.75, 3.05) is 12.0 Å².